The lowest BCUT2D eigenvalue weighted by Crippen LogP contribution is -2.24. The molecule has 1 aromatic carbocycles. The molecule has 2 rings (SSSR count). The van der Waals surface area contributed by atoms with Crippen molar-refractivity contribution in [3.05, 3.63) is 58.0 Å². The van der Waals surface area contributed by atoms with E-state index in [0.29, 0.717) is 0 Å². The number of carboxylic acid groups (broad SMARTS) is 1. The number of rotatable bonds is 5. The number of furan rings is 1. The Morgan fingerprint density at radius 3 is 2.57 bits per heavy atom. The number of benzene rings is 1. The first kappa shape index (κ1) is 16.0. The second-order valence-electron chi connectivity index (χ2n) is 4.52. The molecular formula is C15H12N2O6. The predicted molar refractivity (Wildman–Crippen MR) is 80.2 cm³/mol. The van der Waals surface area contributed by atoms with Crippen molar-refractivity contribution in [1.82, 2.24) is 5.32 Å². The van der Waals surface area contributed by atoms with Crippen LogP contribution in [0.15, 0.2) is 46.5 Å². The second-order valence-corrected chi connectivity index (χ2v) is 4.52. The molecule has 0 spiro atoms. The molecule has 8 heteroatoms. The summed E-state index contributed by atoms with van der Waals surface area (Å²) in [4.78, 5) is 32.5. The third-order valence-electron chi connectivity index (χ3n) is 2.82. The number of para-hydroxylation sites is 1. The Hall–Kier alpha value is -3.42. The minimum Gasteiger partial charge on any atom is -0.477 e. The van der Waals surface area contributed by atoms with Gasteiger partial charge in [-0.05, 0) is 18.2 Å². The van der Waals surface area contributed by atoms with Crippen LogP contribution in [0.2, 0.25) is 0 Å². The van der Waals surface area contributed by atoms with E-state index in [4.69, 9.17) is 9.52 Å². The molecule has 0 unspecified atom stereocenters. The fourth-order valence-corrected chi connectivity index (χ4v) is 1.90. The zero-order valence-electron chi connectivity index (χ0n) is 12.0. The summed E-state index contributed by atoms with van der Waals surface area (Å²) >= 11 is 0. The molecule has 0 saturated carbocycles. The maximum absolute atomic E-state index is 11.0. The van der Waals surface area contributed by atoms with Crippen LogP contribution in [0.25, 0.3) is 17.4 Å². The van der Waals surface area contributed by atoms with Crippen LogP contribution in [0.4, 0.5) is 5.69 Å². The highest BCUT2D eigenvalue weighted by Crippen LogP contribution is 2.31. The molecule has 0 aliphatic carbocycles. The number of nitro groups is 1. The van der Waals surface area contributed by atoms with Crippen LogP contribution in [0, 0.1) is 10.1 Å². The Balaban J connectivity index is 2.40. The summed E-state index contributed by atoms with van der Waals surface area (Å²) in [7, 11) is 0. The first-order valence-corrected chi connectivity index (χ1v) is 6.44. The van der Waals surface area contributed by atoms with E-state index in [9.17, 15) is 19.7 Å². The summed E-state index contributed by atoms with van der Waals surface area (Å²) in [6, 6.07) is 8.97. The molecule has 0 radical (unpaired) electrons. The fraction of sp³-hybridized carbons (Fsp3) is 0.0667. The number of amides is 1. The lowest BCUT2D eigenvalue weighted by atomic mass is 10.1. The Morgan fingerprint density at radius 2 is 1.96 bits per heavy atom. The molecular weight excluding hydrogens is 304 g/mol. The number of nitrogens with zero attached hydrogens (tertiary/aromatic N) is 1. The third-order valence-corrected chi connectivity index (χ3v) is 2.82. The lowest BCUT2D eigenvalue weighted by molar-refractivity contribution is -0.384. The maximum Gasteiger partial charge on any atom is 0.352 e. The van der Waals surface area contributed by atoms with Gasteiger partial charge in [0.15, 0.2) is 0 Å². The molecule has 1 heterocycles. The van der Waals surface area contributed by atoms with E-state index in [2.05, 4.69) is 5.32 Å². The summed E-state index contributed by atoms with van der Waals surface area (Å²) in [6.07, 6.45) is 1.13. The molecule has 1 amide bonds. The van der Waals surface area contributed by atoms with Crippen molar-refractivity contribution in [3.8, 4) is 11.3 Å². The second kappa shape index (κ2) is 6.56. The van der Waals surface area contributed by atoms with Crippen LogP contribution in [0.3, 0.4) is 0 Å². The molecule has 8 nitrogen and oxygen atoms in total. The summed E-state index contributed by atoms with van der Waals surface area (Å²) in [5.41, 5.74) is -0.216. The molecule has 0 fully saturated rings. The number of hydrogen-bond acceptors (Lipinski definition) is 5. The molecule has 1 aromatic heterocycles. The van der Waals surface area contributed by atoms with E-state index >= 15 is 0 Å². The van der Waals surface area contributed by atoms with Gasteiger partial charge in [0.2, 0.25) is 5.91 Å². The Kier molecular flexibility index (Phi) is 4.55. The minimum atomic E-state index is -1.33. The molecule has 2 aromatic rings. The molecule has 23 heavy (non-hydrogen) atoms. The van der Waals surface area contributed by atoms with Gasteiger partial charge in [-0.3, -0.25) is 14.9 Å². The van der Waals surface area contributed by atoms with Gasteiger partial charge in [-0.25, -0.2) is 4.79 Å². The standard InChI is InChI=1S/C15H12N2O6/c1-9(18)16-12(15(19)20)8-10-6-7-14(23-10)11-4-2-3-5-13(11)17(21)22/h2-8H,1H3,(H,16,18)(H,19,20)/b12-8+. The van der Waals surface area contributed by atoms with Crippen LogP contribution in [0.5, 0.6) is 0 Å². The van der Waals surface area contributed by atoms with Crippen LogP contribution < -0.4 is 5.32 Å². The number of carbonyl (C=O) groups excluding carboxylic acids is 1. The van der Waals surface area contributed by atoms with Crippen molar-refractivity contribution in [2.24, 2.45) is 0 Å². The van der Waals surface area contributed by atoms with Gasteiger partial charge in [-0.1, -0.05) is 12.1 Å². The van der Waals surface area contributed by atoms with Gasteiger partial charge >= 0.3 is 5.97 Å². The predicted octanol–water partition coefficient (Wildman–Crippen LogP) is 2.42. The van der Waals surface area contributed by atoms with Crippen molar-refractivity contribution >= 4 is 23.6 Å². The lowest BCUT2D eigenvalue weighted by Gasteiger charge is -2.01. The van der Waals surface area contributed by atoms with Crippen molar-refractivity contribution in [2.45, 2.75) is 6.92 Å². The zero-order valence-corrected chi connectivity index (χ0v) is 12.0. The normalized spacial score (nSPS) is 11.1. The topological polar surface area (TPSA) is 123 Å². The number of carbonyl (C=O) groups is 2. The van der Waals surface area contributed by atoms with E-state index in [0.717, 1.165) is 6.08 Å². The first-order valence-electron chi connectivity index (χ1n) is 6.44. The van der Waals surface area contributed by atoms with Gasteiger partial charge in [0, 0.05) is 19.1 Å². The molecule has 2 N–H and O–H groups in total. The largest absolute Gasteiger partial charge is 0.477 e. The van der Waals surface area contributed by atoms with Gasteiger partial charge < -0.3 is 14.8 Å². The van der Waals surface area contributed by atoms with Gasteiger partial charge in [-0.15, -0.1) is 0 Å². The molecule has 118 valence electrons. The fourth-order valence-electron chi connectivity index (χ4n) is 1.90. The smallest absolute Gasteiger partial charge is 0.352 e. The highest BCUT2D eigenvalue weighted by atomic mass is 16.6. The molecule has 0 atom stereocenters. The molecule has 0 saturated heterocycles. The quantitative estimate of drug-likeness (QED) is 0.496. The number of hydrogen-bond donors (Lipinski definition) is 2. The van der Waals surface area contributed by atoms with Crippen LogP contribution >= 0.6 is 0 Å². The van der Waals surface area contributed by atoms with Crippen LogP contribution in [-0.2, 0) is 9.59 Å². The summed E-state index contributed by atoms with van der Waals surface area (Å²) in [5, 5.41) is 22.2. The van der Waals surface area contributed by atoms with Gasteiger partial charge in [0.05, 0.1) is 10.5 Å². The molecule has 0 bridgehead atoms. The Morgan fingerprint density at radius 1 is 1.26 bits per heavy atom. The van der Waals surface area contributed by atoms with E-state index in [-0.39, 0.29) is 28.5 Å². The van der Waals surface area contributed by atoms with E-state index in [1.54, 1.807) is 6.07 Å². The number of aliphatic carboxylic acids is 1. The number of nitrogens with one attached hydrogen (secondary N) is 1. The Bertz CT molecular complexity index is 806. The first-order chi connectivity index (χ1) is 10.9. The molecule has 0 aliphatic heterocycles. The average molecular weight is 316 g/mol. The van der Waals surface area contributed by atoms with Crippen molar-refractivity contribution in [2.75, 3.05) is 0 Å². The summed E-state index contributed by atoms with van der Waals surface area (Å²) < 4.78 is 5.43. The third kappa shape index (κ3) is 3.82. The highest BCUT2D eigenvalue weighted by molar-refractivity contribution is 5.96. The number of carboxylic acids is 1. The maximum atomic E-state index is 11.0. The minimum absolute atomic E-state index is 0.127. The van der Waals surface area contributed by atoms with Gasteiger partial charge in [0.25, 0.3) is 5.69 Å². The van der Waals surface area contributed by atoms with Crippen LogP contribution in [-0.4, -0.2) is 21.9 Å². The zero-order chi connectivity index (χ0) is 17.0. The van der Waals surface area contributed by atoms with Crippen molar-refractivity contribution in [3.63, 3.8) is 0 Å². The highest BCUT2D eigenvalue weighted by Gasteiger charge is 2.17. The van der Waals surface area contributed by atoms with E-state index in [1.807, 2.05) is 0 Å². The summed E-state index contributed by atoms with van der Waals surface area (Å²) in [6.45, 7) is 1.18. The summed E-state index contributed by atoms with van der Waals surface area (Å²) in [5.74, 6) is -1.51. The SMILES string of the molecule is CC(=O)N/C(=C/c1ccc(-c2ccccc2[N+](=O)[O-])o1)C(=O)O. The Labute approximate surface area is 130 Å². The van der Waals surface area contributed by atoms with Gasteiger partial charge in [-0.2, -0.15) is 0 Å². The van der Waals surface area contributed by atoms with E-state index < -0.39 is 16.8 Å². The van der Waals surface area contributed by atoms with Crippen molar-refractivity contribution < 1.29 is 24.0 Å². The average Bonchev–Trinajstić information content (AvgIpc) is 2.94. The van der Waals surface area contributed by atoms with E-state index in [1.165, 1.54) is 37.3 Å². The number of nitro benzene ring substituents is 1. The molecule has 0 aliphatic rings. The van der Waals surface area contributed by atoms with Gasteiger partial charge in [0.1, 0.15) is 17.2 Å². The van der Waals surface area contributed by atoms with Crippen molar-refractivity contribution in [1.29, 1.82) is 0 Å². The monoisotopic (exact) mass is 316 g/mol. The van der Waals surface area contributed by atoms with Crippen LogP contribution in [0.1, 0.15) is 12.7 Å².